The fourth-order valence-electron chi connectivity index (χ4n) is 4.06. The first kappa shape index (κ1) is 28.5. The van der Waals surface area contributed by atoms with Gasteiger partial charge in [0.25, 0.3) is 5.91 Å². The molecule has 1 fully saturated rings. The number of ether oxygens (including phenoxy) is 1. The van der Waals surface area contributed by atoms with Gasteiger partial charge in [-0.05, 0) is 80.7 Å². The number of aromatic nitrogens is 2. The van der Waals surface area contributed by atoms with Crippen LogP contribution in [0.15, 0.2) is 24.3 Å². The van der Waals surface area contributed by atoms with Gasteiger partial charge in [-0.2, -0.15) is 13.2 Å². The number of carbonyl (C=O) groups is 2. The number of alkyl halides is 3. The molecule has 0 aliphatic heterocycles. The van der Waals surface area contributed by atoms with Crippen molar-refractivity contribution in [1.82, 2.24) is 14.9 Å². The topological polar surface area (TPSA) is 93.5 Å². The molecule has 2 aromatic rings. The summed E-state index contributed by atoms with van der Waals surface area (Å²) in [4.78, 5) is 28.7. The van der Waals surface area contributed by atoms with Crippen molar-refractivity contribution in [2.75, 3.05) is 13.7 Å². The maximum atomic E-state index is 13.3. The van der Waals surface area contributed by atoms with Crippen molar-refractivity contribution < 1.29 is 32.6 Å². The van der Waals surface area contributed by atoms with Crippen molar-refractivity contribution in [3.05, 3.63) is 52.1 Å². The first-order valence-corrected chi connectivity index (χ1v) is 12.2. The number of methoxy groups -OCH3 is 1. The zero-order valence-electron chi connectivity index (χ0n) is 20.8. The highest BCUT2D eigenvalue weighted by Crippen LogP contribution is 2.30. The van der Waals surface area contributed by atoms with Gasteiger partial charge in [-0.1, -0.05) is 18.1 Å². The van der Waals surface area contributed by atoms with Crippen molar-refractivity contribution in [1.29, 1.82) is 0 Å². The lowest BCUT2D eigenvalue weighted by Gasteiger charge is -2.26. The lowest BCUT2D eigenvalue weighted by Crippen LogP contribution is -2.34. The van der Waals surface area contributed by atoms with Crippen LogP contribution in [0.2, 0.25) is 5.28 Å². The van der Waals surface area contributed by atoms with Crippen molar-refractivity contribution in [3.8, 4) is 11.8 Å². The van der Waals surface area contributed by atoms with Crippen LogP contribution in [-0.2, 0) is 22.3 Å². The van der Waals surface area contributed by atoms with Crippen molar-refractivity contribution >= 4 is 23.5 Å². The number of carboxylic acid groups (broad SMARTS) is 1. The van der Waals surface area contributed by atoms with Gasteiger partial charge in [-0.3, -0.25) is 9.59 Å². The van der Waals surface area contributed by atoms with E-state index in [1.165, 1.54) is 23.8 Å². The minimum Gasteiger partial charge on any atom is -0.481 e. The molecule has 0 radical (unpaired) electrons. The SMILES string of the molecule is COC(C)(C)C#Cc1nc(Cl)n(Cc2ccc(C(F)(F)F)cc2)c1C(=O)NC[C@H]1CC[C@H](C(=O)O)CC1. The third-order valence-corrected chi connectivity index (χ3v) is 6.79. The van der Waals surface area contributed by atoms with Crippen LogP contribution < -0.4 is 5.32 Å². The molecular formula is C26H29ClF3N3O4. The largest absolute Gasteiger partial charge is 0.481 e. The van der Waals surface area contributed by atoms with Crippen LogP contribution in [0.1, 0.15) is 66.8 Å². The zero-order chi connectivity index (χ0) is 27.4. The molecular weight excluding hydrogens is 511 g/mol. The van der Waals surface area contributed by atoms with Crippen LogP contribution in [0.5, 0.6) is 0 Å². The lowest BCUT2D eigenvalue weighted by molar-refractivity contribution is -0.143. The summed E-state index contributed by atoms with van der Waals surface area (Å²) < 4.78 is 45.6. The first-order chi connectivity index (χ1) is 17.3. The molecule has 1 heterocycles. The summed E-state index contributed by atoms with van der Waals surface area (Å²) in [6, 6.07) is 4.58. The second-order valence-electron chi connectivity index (χ2n) is 9.59. The zero-order valence-corrected chi connectivity index (χ0v) is 21.5. The summed E-state index contributed by atoms with van der Waals surface area (Å²) in [7, 11) is 1.50. The number of amides is 1. The van der Waals surface area contributed by atoms with Gasteiger partial charge in [0.15, 0.2) is 0 Å². The fraction of sp³-hybridized carbons (Fsp3) is 0.500. The Morgan fingerprint density at radius 3 is 2.35 bits per heavy atom. The molecule has 0 spiro atoms. The van der Waals surface area contributed by atoms with Crippen molar-refractivity contribution in [2.45, 2.75) is 57.9 Å². The van der Waals surface area contributed by atoms with Gasteiger partial charge in [-0.25, -0.2) is 4.98 Å². The van der Waals surface area contributed by atoms with Crippen LogP contribution >= 0.6 is 11.6 Å². The fourth-order valence-corrected chi connectivity index (χ4v) is 4.29. The van der Waals surface area contributed by atoms with Gasteiger partial charge >= 0.3 is 12.1 Å². The quantitative estimate of drug-likeness (QED) is 0.483. The molecule has 1 amide bonds. The molecule has 0 atom stereocenters. The van der Waals surface area contributed by atoms with Gasteiger partial charge in [0, 0.05) is 13.7 Å². The van der Waals surface area contributed by atoms with Gasteiger partial charge in [0.05, 0.1) is 18.0 Å². The minimum atomic E-state index is -4.46. The smallest absolute Gasteiger partial charge is 0.416 e. The molecule has 0 bridgehead atoms. The number of rotatable bonds is 7. The molecule has 37 heavy (non-hydrogen) atoms. The Balaban J connectivity index is 1.86. The number of aliphatic carboxylic acids is 1. The maximum absolute atomic E-state index is 13.3. The number of halogens is 4. The molecule has 11 heteroatoms. The summed E-state index contributed by atoms with van der Waals surface area (Å²) in [6.07, 6.45) is -2.00. The Kier molecular flexibility index (Phi) is 8.92. The first-order valence-electron chi connectivity index (χ1n) is 11.8. The monoisotopic (exact) mass is 539 g/mol. The van der Waals surface area contributed by atoms with E-state index in [1.54, 1.807) is 13.8 Å². The number of nitrogens with one attached hydrogen (secondary N) is 1. The maximum Gasteiger partial charge on any atom is 0.416 e. The van der Waals surface area contributed by atoms with Gasteiger partial charge in [0.2, 0.25) is 5.28 Å². The third kappa shape index (κ3) is 7.49. The number of nitrogens with zero attached hydrogens (tertiary/aromatic N) is 2. The molecule has 1 aromatic heterocycles. The highest BCUT2D eigenvalue weighted by Gasteiger charge is 2.30. The Labute approximate surface area is 218 Å². The molecule has 7 nitrogen and oxygen atoms in total. The van der Waals surface area contributed by atoms with Crippen LogP contribution in [0.4, 0.5) is 13.2 Å². The Morgan fingerprint density at radius 1 is 1.19 bits per heavy atom. The van der Waals surface area contributed by atoms with E-state index in [4.69, 9.17) is 16.3 Å². The van der Waals surface area contributed by atoms with E-state index in [0.29, 0.717) is 37.8 Å². The number of imidazole rings is 1. The average molecular weight is 540 g/mol. The Bertz CT molecular complexity index is 1190. The standard InChI is InChI=1S/C26H29ClF3N3O4/c1-25(2,37-3)13-12-20-21(22(34)31-14-16-4-8-18(9-5-16)23(35)36)33(24(27)32-20)15-17-6-10-19(11-7-17)26(28,29)30/h6-7,10-11,16,18H,4-5,8-9,14-15H2,1-3H3,(H,31,34)(H,35,36)/t16-,18-. The highest BCUT2D eigenvalue weighted by molar-refractivity contribution is 6.29. The molecule has 200 valence electrons. The number of carbonyl (C=O) groups excluding carboxylic acids is 1. The minimum absolute atomic E-state index is 0.00575. The van der Waals surface area contributed by atoms with Crippen molar-refractivity contribution in [3.63, 3.8) is 0 Å². The Hall–Kier alpha value is -3.03. The predicted molar refractivity (Wildman–Crippen MR) is 131 cm³/mol. The predicted octanol–water partition coefficient (Wildman–Crippen LogP) is 5.00. The van der Waals surface area contributed by atoms with Crippen molar-refractivity contribution in [2.24, 2.45) is 11.8 Å². The summed E-state index contributed by atoms with van der Waals surface area (Å²) in [5.41, 5.74) is -0.903. The van der Waals surface area contributed by atoms with E-state index in [9.17, 15) is 27.9 Å². The van der Waals surface area contributed by atoms with E-state index in [1.807, 2.05) is 0 Å². The molecule has 0 saturated heterocycles. The number of hydrogen-bond acceptors (Lipinski definition) is 4. The summed E-state index contributed by atoms with van der Waals surface area (Å²) in [6.45, 7) is 3.83. The molecule has 2 N–H and O–H groups in total. The van der Waals surface area contributed by atoms with Gasteiger partial charge < -0.3 is 19.7 Å². The van der Waals surface area contributed by atoms with Crippen LogP contribution in [-0.4, -0.2) is 45.8 Å². The average Bonchev–Trinajstić information content (AvgIpc) is 3.16. The van der Waals surface area contributed by atoms with Gasteiger partial charge in [-0.15, -0.1) is 0 Å². The van der Waals surface area contributed by atoms with Crippen LogP contribution in [0.25, 0.3) is 0 Å². The van der Waals surface area contributed by atoms with E-state index < -0.39 is 29.2 Å². The molecule has 1 aliphatic carbocycles. The Morgan fingerprint density at radius 2 is 1.81 bits per heavy atom. The summed E-state index contributed by atoms with van der Waals surface area (Å²) in [5, 5.41) is 12.0. The summed E-state index contributed by atoms with van der Waals surface area (Å²) in [5.74, 6) is 4.24. The van der Waals surface area contributed by atoms with Crippen LogP contribution in [0.3, 0.4) is 0 Å². The third-order valence-electron chi connectivity index (χ3n) is 6.50. The second-order valence-corrected chi connectivity index (χ2v) is 9.93. The van der Waals surface area contributed by atoms with E-state index in [0.717, 1.165) is 12.1 Å². The molecule has 1 aliphatic rings. The molecule has 3 rings (SSSR count). The molecule has 1 aromatic carbocycles. The van der Waals surface area contributed by atoms with E-state index >= 15 is 0 Å². The second kappa shape index (κ2) is 11.6. The molecule has 1 saturated carbocycles. The molecule has 0 unspecified atom stereocenters. The highest BCUT2D eigenvalue weighted by atomic mass is 35.5. The van der Waals surface area contributed by atoms with E-state index in [2.05, 4.69) is 22.1 Å². The lowest BCUT2D eigenvalue weighted by atomic mass is 9.82. The number of benzene rings is 1. The van der Waals surface area contributed by atoms with E-state index in [-0.39, 0.29) is 35.1 Å². The number of hydrogen-bond donors (Lipinski definition) is 2. The summed E-state index contributed by atoms with van der Waals surface area (Å²) >= 11 is 6.36. The van der Waals surface area contributed by atoms with Crippen LogP contribution in [0, 0.1) is 23.7 Å². The number of carboxylic acids is 1. The van der Waals surface area contributed by atoms with Gasteiger partial charge in [0.1, 0.15) is 17.0 Å². The normalized spacial score (nSPS) is 18.1.